The van der Waals surface area contributed by atoms with Gasteiger partial charge in [-0.15, -0.1) is 0 Å². The van der Waals surface area contributed by atoms with E-state index in [-0.39, 0.29) is 17.9 Å². The van der Waals surface area contributed by atoms with Gasteiger partial charge in [0.15, 0.2) is 0 Å². The molecule has 1 aromatic rings. The molecule has 0 aromatic heterocycles. The van der Waals surface area contributed by atoms with Gasteiger partial charge in [-0.25, -0.2) is 0 Å². The van der Waals surface area contributed by atoms with Crippen LogP contribution in [-0.2, 0) is 11.2 Å². The third-order valence-corrected chi connectivity index (χ3v) is 6.11. The summed E-state index contributed by atoms with van der Waals surface area (Å²) in [4.78, 5) is 11.6. The summed E-state index contributed by atoms with van der Waals surface area (Å²) < 4.78 is 0. The Hall–Kier alpha value is -1.21. The molecule has 168 valence electrons. The third kappa shape index (κ3) is 11.3. The van der Waals surface area contributed by atoms with Crippen LogP contribution >= 0.6 is 24.4 Å². The second-order valence-corrected chi connectivity index (χ2v) is 9.32. The minimum atomic E-state index is -0.782. The van der Waals surface area contributed by atoms with E-state index in [0.29, 0.717) is 24.6 Å². The van der Waals surface area contributed by atoms with Crippen LogP contribution in [0.15, 0.2) is 54.6 Å². The van der Waals surface area contributed by atoms with E-state index in [1.807, 2.05) is 30.5 Å². The first-order chi connectivity index (χ1) is 14.4. The molecule has 0 saturated heterocycles. The molecule has 0 aliphatic rings. The number of benzene rings is 1. The number of aliphatic carboxylic acids is 1. The fourth-order valence-electron chi connectivity index (χ4n) is 3.09. The summed E-state index contributed by atoms with van der Waals surface area (Å²) in [7, 11) is 0. The monoisotopic (exact) mass is 450 g/mol. The molecule has 0 saturated carbocycles. The van der Waals surface area contributed by atoms with E-state index in [0.717, 1.165) is 12.2 Å². The second-order valence-electron chi connectivity index (χ2n) is 7.97. The number of hydrogen-bond acceptors (Lipinski definition) is 5. The Morgan fingerprint density at radius 2 is 1.87 bits per heavy atom. The minimum Gasteiger partial charge on any atom is -0.480 e. The highest BCUT2D eigenvalue weighted by Gasteiger charge is 2.18. The quantitative estimate of drug-likeness (QED) is 0.237. The Kier molecular flexibility index (Phi) is 13.9. The van der Waals surface area contributed by atoms with Crippen molar-refractivity contribution in [3.05, 3.63) is 60.2 Å². The molecule has 0 aliphatic heterocycles. The predicted octanol–water partition coefficient (Wildman–Crippen LogP) is 4.28. The van der Waals surface area contributed by atoms with Crippen LogP contribution < -0.4 is 11.1 Å². The number of rotatable bonds is 15. The highest BCUT2D eigenvalue weighted by atomic mass is 32.2. The smallest absolute Gasteiger partial charge is 0.320 e. The number of thiol groups is 1. The molecule has 1 aromatic carbocycles. The lowest BCUT2D eigenvalue weighted by Crippen LogP contribution is -2.40. The van der Waals surface area contributed by atoms with Crippen molar-refractivity contribution in [1.29, 1.82) is 0 Å². The van der Waals surface area contributed by atoms with Crippen LogP contribution in [0.4, 0.5) is 0 Å². The van der Waals surface area contributed by atoms with Crippen molar-refractivity contribution in [2.45, 2.75) is 38.8 Å². The molecule has 0 radical (unpaired) electrons. The van der Waals surface area contributed by atoms with Crippen LogP contribution in [0.5, 0.6) is 0 Å². The summed E-state index contributed by atoms with van der Waals surface area (Å²) >= 11 is 5.92. The molecule has 6 heteroatoms. The molecule has 0 fully saturated rings. The topological polar surface area (TPSA) is 75.3 Å². The Bertz CT molecular complexity index is 650. The van der Waals surface area contributed by atoms with Crippen LogP contribution in [0.25, 0.3) is 0 Å². The van der Waals surface area contributed by atoms with Crippen molar-refractivity contribution in [3.63, 3.8) is 0 Å². The lowest BCUT2D eigenvalue weighted by molar-refractivity contribution is -0.139. The average molecular weight is 451 g/mol. The van der Waals surface area contributed by atoms with Gasteiger partial charge in [0.05, 0.1) is 0 Å². The Morgan fingerprint density at radius 3 is 2.43 bits per heavy atom. The van der Waals surface area contributed by atoms with Crippen molar-refractivity contribution in [1.82, 2.24) is 5.32 Å². The van der Waals surface area contributed by atoms with Crippen LogP contribution in [0.3, 0.4) is 0 Å². The van der Waals surface area contributed by atoms with Crippen molar-refractivity contribution >= 4 is 30.4 Å². The maximum Gasteiger partial charge on any atom is 0.320 e. The third-order valence-electron chi connectivity index (χ3n) is 5.04. The van der Waals surface area contributed by atoms with Crippen molar-refractivity contribution < 1.29 is 9.90 Å². The Morgan fingerprint density at radius 1 is 1.20 bits per heavy atom. The predicted molar refractivity (Wildman–Crippen MR) is 134 cm³/mol. The van der Waals surface area contributed by atoms with E-state index in [9.17, 15) is 9.90 Å². The number of carboxylic acids is 1. The lowest BCUT2D eigenvalue weighted by Gasteiger charge is -2.20. The molecular weight excluding hydrogens is 412 g/mol. The number of carboxylic acid groups (broad SMARTS) is 1. The van der Waals surface area contributed by atoms with Gasteiger partial charge >= 0.3 is 5.97 Å². The van der Waals surface area contributed by atoms with Crippen molar-refractivity contribution in [3.8, 4) is 0 Å². The van der Waals surface area contributed by atoms with Gasteiger partial charge in [-0.05, 0) is 48.2 Å². The molecule has 4 atom stereocenters. The van der Waals surface area contributed by atoms with E-state index in [4.69, 9.17) is 5.73 Å². The maximum absolute atomic E-state index is 11.6. The summed E-state index contributed by atoms with van der Waals surface area (Å²) in [5.41, 5.74) is 7.22. The number of allylic oxidation sites excluding steroid dienone is 2. The molecule has 0 amide bonds. The van der Waals surface area contributed by atoms with Gasteiger partial charge in [0.25, 0.3) is 0 Å². The fourth-order valence-corrected chi connectivity index (χ4v) is 3.69. The molecule has 1 rings (SSSR count). The molecule has 4 nitrogen and oxygen atoms in total. The van der Waals surface area contributed by atoms with E-state index in [1.165, 1.54) is 5.56 Å². The van der Waals surface area contributed by atoms with Crippen LogP contribution in [-0.4, -0.2) is 47.5 Å². The highest BCUT2D eigenvalue weighted by Crippen LogP contribution is 2.18. The lowest BCUT2D eigenvalue weighted by atomic mass is 9.91. The number of hydrogen-bond donors (Lipinski definition) is 4. The summed E-state index contributed by atoms with van der Waals surface area (Å²) in [6.07, 6.45) is 12.1. The summed E-state index contributed by atoms with van der Waals surface area (Å²) in [5, 5.41) is 12.8. The number of nitrogens with two attached hydrogens (primary N) is 1. The van der Waals surface area contributed by atoms with Crippen molar-refractivity contribution in [2.75, 3.05) is 24.3 Å². The first-order valence-electron chi connectivity index (χ1n) is 10.6. The summed E-state index contributed by atoms with van der Waals surface area (Å²) in [6, 6.07) is 9.78. The first kappa shape index (κ1) is 26.8. The molecule has 30 heavy (non-hydrogen) atoms. The molecule has 0 heterocycles. The van der Waals surface area contributed by atoms with Crippen LogP contribution in [0.2, 0.25) is 0 Å². The summed E-state index contributed by atoms with van der Waals surface area (Å²) in [6.45, 7) is 5.01. The number of thioether (sulfide) groups is 1. The van der Waals surface area contributed by atoms with Crippen LogP contribution in [0.1, 0.15) is 25.8 Å². The van der Waals surface area contributed by atoms with Gasteiger partial charge < -0.3 is 16.2 Å². The van der Waals surface area contributed by atoms with E-state index >= 15 is 0 Å². The zero-order valence-electron chi connectivity index (χ0n) is 18.4. The van der Waals surface area contributed by atoms with Gasteiger partial charge in [-0.2, -0.15) is 24.4 Å². The van der Waals surface area contributed by atoms with E-state index in [1.54, 1.807) is 11.8 Å². The van der Waals surface area contributed by atoms with Gasteiger partial charge in [0, 0.05) is 18.3 Å². The van der Waals surface area contributed by atoms with Gasteiger partial charge in [0.2, 0.25) is 0 Å². The zero-order chi connectivity index (χ0) is 22.4. The van der Waals surface area contributed by atoms with Crippen LogP contribution in [0, 0.1) is 17.8 Å². The maximum atomic E-state index is 11.6. The Balaban J connectivity index is 2.91. The molecule has 0 bridgehead atoms. The highest BCUT2D eigenvalue weighted by molar-refractivity contribution is 7.98. The first-order valence-corrected chi connectivity index (χ1v) is 12.6. The SMILES string of the molecule is CSCC[C@H](NC[C@@H](/C=C\[C@@H](/C=C/[C@@H](N)CS)C(C)C)Cc1ccccc1)C(=O)O. The molecule has 0 spiro atoms. The molecule has 4 N–H and O–H groups in total. The zero-order valence-corrected chi connectivity index (χ0v) is 20.1. The molecular formula is C24H38N2O2S2. The largest absolute Gasteiger partial charge is 0.480 e. The van der Waals surface area contributed by atoms with Gasteiger partial charge in [-0.3, -0.25) is 4.79 Å². The molecule has 0 aliphatic carbocycles. The standard InChI is InChI=1S/C24H38N2O2S2/c1-18(2)21(11-12-22(25)17-29)10-9-20(15-19-7-5-4-6-8-19)16-26-23(24(27)28)13-14-30-3/h4-12,18,20-23,26,29H,13-17,25H2,1-3H3,(H,27,28)/b10-9-,12-11+/t20-,21-,22+,23-/m0/s1. The fraction of sp³-hybridized carbons (Fsp3) is 0.542. The van der Waals surface area contributed by atoms with E-state index < -0.39 is 12.0 Å². The minimum absolute atomic E-state index is 0.0440. The Labute approximate surface area is 192 Å². The van der Waals surface area contributed by atoms with Gasteiger partial charge in [-0.1, -0.05) is 68.5 Å². The summed E-state index contributed by atoms with van der Waals surface area (Å²) in [5.74, 6) is 1.60. The van der Waals surface area contributed by atoms with Gasteiger partial charge in [0.1, 0.15) is 6.04 Å². The second kappa shape index (κ2) is 15.6. The molecule has 0 unspecified atom stereocenters. The average Bonchev–Trinajstić information content (AvgIpc) is 2.73. The number of nitrogens with one attached hydrogen (secondary N) is 1. The number of carbonyl (C=O) groups is 1. The van der Waals surface area contributed by atoms with Crippen molar-refractivity contribution in [2.24, 2.45) is 23.5 Å². The normalized spacial score (nSPS) is 16.2. The van der Waals surface area contributed by atoms with E-state index in [2.05, 4.69) is 62.2 Å².